The molecule has 40 heavy (non-hydrogen) atoms. The first kappa shape index (κ1) is 27.7. The lowest BCUT2D eigenvalue weighted by Gasteiger charge is -2.23. The summed E-state index contributed by atoms with van der Waals surface area (Å²) in [6, 6.07) is 16.4. The van der Waals surface area contributed by atoms with Crippen molar-refractivity contribution in [2.24, 2.45) is 5.92 Å². The highest BCUT2D eigenvalue weighted by Gasteiger charge is 2.26. The van der Waals surface area contributed by atoms with Gasteiger partial charge in [0.2, 0.25) is 23.8 Å². The van der Waals surface area contributed by atoms with Gasteiger partial charge in [0.25, 0.3) is 0 Å². The Morgan fingerprint density at radius 1 is 1.10 bits per heavy atom. The number of aromatic nitrogens is 4. The zero-order valence-electron chi connectivity index (χ0n) is 23.2. The van der Waals surface area contributed by atoms with Gasteiger partial charge in [-0.25, -0.2) is 4.98 Å². The fourth-order valence-corrected chi connectivity index (χ4v) is 5.39. The summed E-state index contributed by atoms with van der Waals surface area (Å²) >= 11 is 1.59. The summed E-state index contributed by atoms with van der Waals surface area (Å²) in [5, 5.41) is 6.76. The van der Waals surface area contributed by atoms with E-state index in [9.17, 15) is 4.79 Å². The first-order valence-corrected chi connectivity index (χ1v) is 14.5. The Kier molecular flexibility index (Phi) is 9.02. The van der Waals surface area contributed by atoms with E-state index in [0.717, 1.165) is 28.7 Å². The van der Waals surface area contributed by atoms with Gasteiger partial charge < -0.3 is 25.2 Å². The Morgan fingerprint density at radius 3 is 2.73 bits per heavy atom. The van der Waals surface area contributed by atoms with Crippen LogP contribution in [0.2, 0.25) is 0 Å². The Hall–Kier alpha value is -3.83. The van der Waals surface area contributed by atoms with Crippen molar-refractivity contribution in [1.82, 2.24) is 24.8 Å². The molecule has 1 saturated heterocycles. The smallest absolute Gasteiger partial charge is 0.233 e. The van der Waals surface area contributed by atoms with E-state index >= 15 is 0 Å². The minimum Gasteiger partial charge on any atom is -0.381 e. The molecule has 0 spiro atoms. The van der Waals surface area contributed by atoms with Crippen molar-refractivity contribution in [1.29, 1.82) is 0 Å². The van der Waals surface area contributed by atoms with Crippen molar-refractivity contribution in [3.63, 3.8) is 0 Å². The number of thiazole rings is 1. The summed E-state index contributed by atoms with van der Waals surface area (Å²) in [5.41, 5.74) is 4.94. The van der Waals surface area contributed by atoms with Gasteiger partial charge in [-0.15, -0.1) is 11.3 Å². The number of nitrogens with one attached hydrogen (secondary N) is 2. The molecular weight excluding hydrogens is 524 g/mol. The molecule has 3 heterocycles. The molecule has 1 aliphatic heterocycles. The van der Waals surface area contributed by atoms with Gasteiger partial charge in [0.05, 0.1) is 28.3 Å². The maximum Gasteiger partial charge on any atom is 0.233 e. The molecule has 10 nitrogen and oxygen atoms in total. The third-order valence-corrected chi connectivity index (χ3v) is 7.92. The summed E-state index contributed by atoms with van der Waals surface area (Å²) in [6.07, 6.45) is 1.59. The number of amides is 1. The molecule has 0 aliphatic carbocycles. The summed E-state index contributed by atoms with van der Waals surface area (Å²) in [7, 11) is 3.83. The zero-order valence-corrected chi connectivity index (χ0v) is 24.0. The SMILES string of the molecule is CC(CNc1nc(Nc2ccc3ncsc3c2)nc(N(C)CCCN(C)C(=O)C2CCOC2)n1)c1ccccc1. The third-order valence-electron chi connectivity index (χ3n) is 7.13. The Labute approximate surface area is 238 Å². The highest BCUT2D eigenvalue weighted by molar-refractivity contribution is 7.16. The Morgan fingerprint density at radius 2 is 1.93 bits per heavy atom. The number of rotatable bonds is 12. The minimum absolute atomic E-state index is 0.0176. The summed E-state index contributed by atoms with van der Waals surface area (Å²) in [5.74, 6) is 1.95. The molecule has 2 aromatic heterocycles. The van der Waals surface area contributed by atoms with Crippen LogP contribution in [-0.4, -0.2) is 77.7 Å². The van der Waals surface area contributed by atoms with Crippen LogP contribution >= 0.6 is 11.3 Å². The summed E-state index contributed by atoms with van der Waals surface area (Å²) in [4.78, 5) is 34.9. The highest BCUT2D eigenvalue weighted by atomic mass is 32.1. The monoisotopic (exact) mass is 560 g/mol. The molecule has 1 fully saturated rings. The van der Waals surface area contributed by atoms with Crippen molar-refractivity contribution in [3.05, 3.63) is 59.6 Å². The second kappa shape index (κ2) is 13.0. The van der Waals surface area contributed by atoms with Gasteiger partial charge in [-0.1, -0.05) is 37.3 Å². The van der Waals surface area contributed by atoms with Gasteiger partial charge in [0.1, 0.15) is 0 Å². The van der Waals surface area contributed by atoms with E-state index in [1.54, 1.807) is 16.2 Å². The average Bonchev–Trinajstić information content (AvgIpc) is 3.68. The number of ether oxygens (including phenoxy) is 1. The lowest BCUT2D eigenvalue weighted by Crippen LogP contribution is -2.35. The van der Waals surface area contributed by atoms with Gasteiger partial charge in [0, 0.05) is 46.0 Å². The number of hydrogen-bond acceptors (Lipinski definition) is 10. The van der Waals surface area contributed by atoms with E-state index in [2.05, 4.69) is 51.8 Å². The predicted octanol–water partition coefficient (Wildman–Crippen LogP) is 4.76. The molecule has 5 rings (SSSR count). The first-order chi connectivity index (χ1) is 19.5. The fourth-order valence-electron chi connectivity index (χ4n) is 4.67. The topological polar surface area (TPSA) is 108 Å². The zero-order chi connectivity index (χ0) is 27.9. The maximum atomic E-state index is 12.6. The van der Waals surface area contributed by atoms with Crippen LogP contribution in [0.3, 0.4) is 0 Å². The number of carbonyl (C=O) groups is 1. The lowest BCUT2D eigenvalue weighted by atomic mass is 10.0. The molecule has 4 aromatic rings. The van der Waals surface area contributed by atoms with Crippen LogP contribution in [0.1, 0.15) is 31.2 Å². The second-order valence-corrected chi connectivity index (χ2v) is 11.1. The predicted molar refractivity (Wildman–Crippen MR) is 161 cm³/mol. The number of nitrogens with zero attached hydrogens (tertiary/aromatic N) is 6. The van der Waals surface area contributed by atoms with Crippen LogP contribution in [0.5, 0.6) is 0 Å². The molecule has 0 radical (unpaired) electrons. The molecular formula is C29H36N8O2S. The quantitative estimate of drug-likeness (QED) is 0.253. The Balaban J connectivity index is 1.27. The molecule has 2 aromatic carbocycles. The van der Waals surface area contributed by atoms with Gasteiger partial charge in [0.15, 0.2) is 0 Å². The van der Waals surface area contributed by atoms with Gasteiger partial charge in [-0.05, 0) is 42.5 Å². The molecule has 2 atom stereocenters. The maximum absolute atomic E-state index is 12.6. The molecule has 1 amide bonds. The van der Waals surface area contributed by atoms with Crippen LogP contribution in [0.15, 0.2) is 54.0 Å². The van der Waals surface area contributed by atoms with E-state index in [-0.39, 0.29) is 17.7 Å². The summed E-state index contributed by atoms with van der Waals surface area (Å²) < 4.78 is 6.47. The minimum atomic E-state index is -0.0176. The molecule has 0 saturated carbocycles. The van der Waals surface area contributed by atoms with Crippen LogP contribution in [0.25, 0.3) is 10.2 Å². The number of anilines is 4. The van der Waals surface area contributed by atoms with E-state index < -0.39 is 0 Å². The van der Waals surface area contributed by atoms with E-state index in [1.807, 2.05) is 48.8 Å². The summed E-state index contributed by atoms with van der Waals surface area (Å²) in [6.45, 7) is 5.40. The van der Waals surface area contributed by atoms with Crippen LogP contribution in [0, 0.1) is 5.92 Å². The largest absolute Gasteiger partial charge is 0.381 e. The van der Waals surface area contributed by atoms with Crippen LogP contribution < -0.4 is 15.5 Å². The molecule has 210 valence electrons. The first-order valence-electron chi connectivity index (χ1n) is 13.7. The number of fused-ring (bicyclic) bond motifs is 1. The number of hydrogen-bond donors (Lipinski definition) is 2. The van der Waals surface area contributed by atoms with E-state index in [1.165, 1.54) is 5.56 Å². The molecule has 0 bridgehead atoms. The molecule has 11 heteroatoms. The van der Waals surface area contributed by atoms with Crippen molar-refractivity contribution in [2.45, 2.75) is 25.7 Å². The van der Waals surface area contributed by atoms with Crippen molar-refractivity contribution in [2.75, 3.05) is 62.5 Å². The van der Waals surface area contributed by atoms with Gasteiger partial charge >= 0.3 is 0 Å². The van der Waals surface area contributed by atoms with E-state index in [0.29, 0.717) is 50.7 Å². The van der Waals surface area contributed by atoms with Crippen molar-refractivity contribution >= 4 is 51.0 Å². The second-order valence-electron chi connectivity index (χ2n) is 10.2. The fraction of sp³-hybridized carbons (Fsp3) is 0.414. The van der Waals surface area contributed by atoms with Crippen LogP contribution in [0.4, 0.5) is 23.5 Å². The van der Waals surface area contributed by atoms with Crippen molar-refractivity contribution in [3.8, 4) is 0 Å². The standard InChI is InChI=1S/C29H36N8O2S/c1-20(21-8-5-4-6-9-21)17-30-27-33-28(32-23-10-11-24-25(16-23)40-19-31-24)35-29(34-27)37(3)14-7-13-36(2)26(38)22-12-15-39-18-22/h4-6,8-11,16,19-20,22H,7,12-15,17-18H2,1-3H3,(H2,30,32,33,34,35). The molecule has 1 aliphatic rings. The average molecular weight is 561 g/mol. The Bertz CT molecular complexity index is 1410. The highest BCUT2D eigenvalue weighted by Crippen LogP contribution is 2.25. The number of benzene rings is 2. The molecule has 2 N–H and O–H groups in total. The molecule has 2 unspecified atom stereocenters. The van der Waals surface area contributed by atoms with Gasteiger partial charge in [-0.3, -0.25) is 4.79 Å². The third kappa shape index (κ3) is 7.02. The van der Waals surface area contributed by atoms with Crippen molar-refractivity contribution < 1.29 is 9.53 Å². The van der Waals surface area contributed by atoms with Gasteiger partial charge in [-0.2, -0.15) is 15.0 Å². The lowest BCUT2D eigenvalue weighted by molar-refractivity contribution is -0.134. The normalized spacial score (nSPS) is 15.6. The van der Waals surface area contributed by atoms with Crippen LogP contribution in [-0.2, 0) is 9.53 Å². The van der Waals surface area contributed by atoms with E-state index in [4.69, 9.17) is 14.7 Å². The number of carbonyl (C=O) groups excluding carboxylic acids is 1.